The van der Waals surface area contributed by atoms with E-state index in [4.69, 9.17) is 0 Å². The van der Waals surface area contributed by atoms with Gasteiger partial charge in [0.1, 0.15) is 11.9 Å². The summed E-state index contributed by atoms with van der Waals surface area (Å²) in [5.41, 5.74) is 2.05. The van der Waals surface area contributed by atoms with E-state index in [1.54, 1.807) is 24.3 Å². The smallest absolute Gasteiger partial charge is 0.248 e. The van der Waals surface area contributed by atoms with Crippen molar-refractivity contribution in [3.63, 3.8) is 0 Å². The number of thioether (sulfide) groups is 1. The van der Waals surface area contributed by atoms with Gasteiger partial charge in [0.05, 0.1) is 5.75 Å². The van der Waals surface area contributed by atoms with Crippen LogP contribution in [0.5, 0.6) is 0 Å². The molecule has 1 unspecified atom stereocenters. The lowest BCUT2D eigenvalue weighted by molar-refractivity contribution is -0.126. The highest BCUT2D eigenvalue weighted by atomic mass is 32.2. The van der Waals surface area contributed by atoms with Gasteiger partial charge < -0.3 is 9.88 Å². The lowest BCUT2D eigenvalue weighted by atomic mass is 10.0. The van der Waals surface area contributed by atoms with E-state index in [1.165, 1.54) is 28.8 Å². The van der Waals surface area contributed by atoms with Crippen LogP contribution < -0.4 is 10.2 Å². The number of hydrogen-bond acceptors (Lipinski definition) is 5. The summed E-state index contributed by atoms with van der Waals surface area (Å²) in [6.45, 7) is 0. The molecule has 3 aromatic carbocycles. The molecule has 1 aliphatic rings. The molecular formula is C30H30FN5O2S. The van der Waals surface area contributed by atoms with Gasteiger partial charge in [-0.15, -0.1) is 10.2 Å². The zero-order chi connectivity index (χ0) is 27.2. The molecule has 0 saturated heterocycles. The molecule has 1 fully saturated rings. The lowest BCUT2D eigenvalue weighted by Crippen LogP contribution is -2.47. The summed E-state index contributed by atoms with van der Waals surface area (Å²) in [5, 5.41) is 12.3. The highest BCUT2D eigenvalue weighted by Crippen LogP contribution is 2.31. The van der Waals surface area contributed by atoms with Crippen LogP contribution in [0.1, 0.15) is 37.3 Å². The van der Waals surface area contributed by atoms with Gasteiger partial charge in [0.25, 0.3) is 0 Å². The van der Waals surface area contributed by atoms with E-state index in [0.717, 1.165) is 31.2 Å². The van der Waals surface area contributed by atoms with Crippen molar-refractivity contribution in [2.75, 3.05) is 10.7 Å². The molecule has 7 nitrogen and oxygen atoms in total. The molecule has 1 saturated carbocycles. The van der Waals surface area contributed by atoms with Crippen molar-refractivity contribution in [2.24, 2.45) is 7.05 Å². The van der Waals surface area contributed by atoms with Crippen molar-refractivity contribution >= 4 is 29.3 Å². The Morgan fingerprint density at radius 2 is 1.62 bits per heavy atom. The van der Waals surface area contributed by atoms with Gasteiger partial charge in [-0.25, -0.2) is 4.39 Å². The highest BCUT2D eigenvalue weighted by molar-refractivity contribution is 7.99. The molecule has 1 N–H and O–H groups in total. The molecule has 0 spiro atoms. The minimum Gasteiger partial charge on any atom is -0.351 e. The Labute approximate surface area is 231 Å². The number of benzene rings is 3. The Morgan fingerprint density at radius 3 is 2.28 bits per heavy atom. The second kappa shape index (κ2) is 12.3. The normalized spacial score (nSPS) is 14.2. The summed E-state index contributed by atoms with van der Waals surface area (Å²) in [6, 6.07) is 23.7. The minimum atomic E-state index is -0.957. The van der Waals surface area contributed by atoms with Crippen LogP contribution in [0.2, 0.25) is 0 Å². The van der Waals surface area contributed by atoms with Crippen molar-refractivity contribution in [2.45, 2.75) is 42.9 Å². The number of aromatic nitrogens is 3. The van der Waals surface area contributed by atoms with Crippen LogP contribution >= 0.6 is 11.8 Å². The van der Waals surface area contributed by atoms with E-state index < -0.39 is 11.9 Å². The van der Waals surface area contributed by atoms with E-state index in [0.29, 0.717) is 22.2 Å². The maximum absolute atomic E-state index is 13.9. The Bertz CT molecular complexity index is 1410. The number of anilines is 1. The standard InChI is InChI=1S/C30H30FN5O2S/c1-35-28(22-10-4-2-5-11-22)33-34-30(35)39-20-26(37)36(25-14-6-3-7-15-25)27(21-16-18-23(31)19-17-21)29(38)32-24-12-8-9-13-24/h2-7,10-11,14-19,24,27H,8-9,12-13,20H2,1H3,(H,32,38). The zero-order valence-corrected chi connectivity index (χ0v) is 22.5. The fourth-order valence-electron chi connectivity index (χ4n) is 4.91. The summed E-state index contributed by atoms with van der Waals surface area (Å²) in [5.74, 6) is -0.222. The molecule has 1 atom stereocenters. The van der Waals surface area contributed by atoms with Crippen molar-refractivity contribution in [1.29, 1.82) is 0 Å². The monoisotopic (exact) mass is 543 g/mol. The Hall–Kier alpha value is -3.98. The van der Waals surface area contributed by atoms with E-state index in [1.807, 2.05) is 60.1 Å². The Balaban J connectivity index is 1.44. The van der Waals surface area contributed by atoms with Gasteiger partial charge in [0, 0.05) is 24.3 Å². The molecule has 4 aromatic rings. The molecule has 5 rings (SSSR count). The van der Waals surface area contributed by atoms with Crippen LogP contribution in [0, 0.1) is 5.82 Å². The predicted octanol–water partition coefficient (Wildman–Crippen LogP) is 5.55. The predicted molar refractivity (Wildman–Crippen MR) is 151 cm³/mol. The van der Waals surface area contributed by atoms with Gasteiger partial charge in [-0.1, -0.05) is 85.3 Å². The summed E-state index contributed by atoms with van der Waals surface area (Å²) in [4.78, 5) is 29.2. The summed E-state index contributed by atoms with van der Waals surface area (Å²) >= 11 is 1.26. The topological polar surface area (TPSA) is 80.1 Å². The summed E-state index contributed by atoms with van der Waals surface area (Å²) < 4.78 is 15.7. The summed E-state index contributed by atoms with van der Waals surface area (Å²) in [6.07, 6.45) is 3.94. The third-order valence-electron chi connectivity index (χ3n) is 6.89. The summed E-state index contributed by atoms with van der Waals surface area (Å²) in [7, 11) is 1.86. The number of halogens is 1. The van der Waals surface area contributed by atoms with Gasteiger partial charge in [-0.2, -0.15) is 0 Å². The van der Waals surface area contributed by atoms with Crippen LogP contribution in [0.25, 0.3) is 11.4 Å². The van der Waals surface area contributed by atoms with E-state index in [9.17, 15) is 14.0 Å². The van der Waals surface area contributed by atoms with Crippen molar-refractivity contribution in [3.8, 4) is 11.4 Å². The maximum atomic E-state index is 13.9. The molecule has 2 amide bonds. The molecule has 9 heteroatoms. The fraction of sp³-hybridized carbons (Fsp3) is 0.267. The number of hydrogen-bond donors (Lipinski definition) is 1. The number of carbonyl (C=O) groups excluding carboxylic acids is 2. The number of nitrogens with one attached hydrogen (secondary N) is 1. The number of amides is 2. The van der Waals surface area contributed by atoms with Crippen LogP contribution in [0.3, 0.4) is 0 Å². The van der Waals surface area contributed by atoms with Crippen molar-refractivity contribution < 1.29 is 14.0 Å². The largest absolute Gasteiger partial charge is 0.351 e. The van der Waals surface area contributed by atoms with Crippen LogP contribution in [-0.2, 0) is 16.6 Å². The van der Waals surface area contributed by atoms with Crippen molar-refractivity contribution in [1.82, 2.24) is 20.1 Å². The van der Waals surface area contributed by atoms with E-state index >= 15 is 0 Å². The molecule has 39 heavy (non-hydrogen) atoms. The molecule has 0 bridgehead atoms. The SMILES string of the molecule is Cn1c(SCC(=O)N(c2ccccc2)C(C(=O)NC2CCCC2)c2ccc(F)cc2)nnc1-c1ccccc1. The third kappa shape index (κ3) is 6.20. The van der Waals surface area contributed by atoms with Crippen molar-refractivity contribution in [3.05, 3.63) is 96.3 Å². The number of nitrogens with zero attached hydrogens (tertiary/aromatic N) is 4. The first-order chi connectivity index (χ1) is 19.0. The van der Waals surface area contributed by atoms with Gasteiger partial charge in [0.2, 0.25) is 11.8 Å². The average Bonchev–Trinajstić information content (AvgIpc) is 3.61. The van der Waals surface area contributed by atoms with Gasteiger partial charge >= 0.3 is 0 Å². The minimum absolute atomic E-state index is 0.0318. The fourth-order valence-corrected chi connectivity index (χ4v) is 5.68. The Kier molecular flexibility index (Phi) is 8.36. The molecule has 1 aromatic heterocycles. The van der Waals surface area contributed by atoms with Gasteiger partial charge in [0.15, 0.2) is 11.0 Å². The molecular weight excluding hydrogens is 513 g/mol. The number of rotatable bonds is 9. The molecule has 1 heterocycles. The average molecular weight is 544 g/mol. The first-order valence-corrected chi connectivity index (χ1v) is 14.0. The van der Waals surface area contributed by atoms with Gasteiger partial charge in [-0.3, -0.25) is 14.5 Å². The number of carbonyl (C=O) groups is 2. The first-order valence-electron chi connectivity index (χ1n) is 13.0. The van der Waals surface area contributed by atoms with Gasteiger partial charge in [-0.05, 0) is 42.7 Å². The van der Waals surface area contributed by atoms with Crippen LogP contribution in [0.4, 0.5) is 10.1 Å². The lowest BCUT2D eigenvalue weighted by Gasteiger charge is -2.32. The molecule has 0 aliphatic heterocycles. The highest BCUT2D eigenvalue weighted by Gasteiger charge is 2.34. The number of para-hydroxylation sites is 1. The quantitative estimate of drug-likeness (QED) is 0.280. The second-order valence-electron chi connectivity index (χ2n) is 9.56. The molecule has 1 aliphatic carbocycles. The maximum Gasteiger partial charge on any atom is 0.248 e. The van der Waals surface area contributed by atoms with Crippen LogP contribution in [-0.4, -0.2) is 38.4 Å². The molecule has 200 valence electrons. The van der Waals surface area contributed by atoms with E-state index in [-0.39, 0.29) is 23.6 Å². The Morgan fingerprint density at radius 1 is 0.974 bits per heavy atom. The third-order valence-corrected chi connectivity index (χ3v) is 7.89. The first kappa shape index (κ1) is 26.6. The second-order valence-corrected chi connectivity index (χ2v) is 10.5. The van der Waals surface area contributed by atoms with E-state index in [2.05, 4.69) is 15.5 Å². The molecule has 0 radical (unpaired) electrons. The zero-order valence-electron chi connectivity index (χ0n) is 21.7. The van der Waals surface area contributed by atoms with Crippen LogP contribution in [0.15, 0.2) is 90.1 Å².